The first-order chi connectivity index (χ1) is 6.53. The molecule has 0 heterocycles. The summed E-state index contributed by atoms with van der Waals surface area (Å²) in [6.45, 7) is 4.07. The largest absolute Gasteiger partial charge is 0.297 e. The van der Waals surface area contributed by atoms with Gasteiger partial charge in [0.25, 0.3) is 0 Å². The fraction of sp³-hybridized carbons (Fsp3) is 0.727. The molecule has 0 spiro atoms. The SMILES string of the molecule is CC1(C)CCCC1C(=O)C(C#N)C#N. The highest BCUT2D eigenvalue weighted by atomic mass is 16.1. The topological polar surface area (TPSA) is 64.7 Å². The number of Topliss-reactive ketones (excluding diaryl/α,β-unsaturated/α-hetero) is 1. The van der Waals surface area contributed by atoms with Crippen molar-refractivity contribution in [1.82, 2.24) is 0 Å². The summed E-state index contributed by atoms with van der Waals surface area (Å²) in [6.07, 6.45) is 2.85. The fourth-order valence-corrected chi connectivity index (χ4v) is 2.21. The molecule has 1 atom stereocenters. The Kier molecular flexibility index (Phi) is 2.91. The molecule has 0 radical (unpaired) electrons. The van der Waals surface area contributed by atoms with Gasteiger partial charge in [0.15, 0.2) is 11.7 Å². The van der Waals surface area contributed by atoms with Gasteiger partial charge in [0.1, 0.15) is 0 Å². The quantitative estimate of drug-likeness (QED) is 0.669. The van der Waals surface area contributed by atoms with Crippen molar-refractivity contribution in [2.75, 3.05) is 0 Å². The van der Waals surface area contributed by atoms with Crippen LogP contribution in [0.2, 0.25) is 0 Å². The Morgan fingerprint density at radius 2 is 2.00 bits per heavy atom. The number of ketones is 1. The van der Waals surface area contributed by atoms with E-state index in [1.165, 1.54) is 0 Å². The Morgan fingerprint density at radius 3 is 2.36 bits per heavy atom. The summed E-state index contributed by atoms with van der Waals surface area (Å²) in [6, 6.07) is 3.51. The number of nitriles is 2. The van der Waals surface area contributed by atoms with Gasteiger partial charge >= 0.3 is 0 Å². The first-order valence-electron chi connectivity index (χ1n) is 4.86. The fourth-order valence-electron chi connectivity index (χ4n) is 2.21. The maximum Gasteiger partial charge on any atom is 0.191 e. The Bertz CT molecular complexity index is 305. The van der Waals surface area contributed by atoms with Crippen LogP contribution >= 0.6 is 0 Å². The van der Waals surface area contributed by atoms with Crippen LogP contribution in [-0.2, 0) is 4.79 Å². The van der Waals surface area contributed by atoms with Crippen LogP contribution in [0.4, 0.5) is 0 Å². The molecule has 0 aromatic heterocycles. The minimum Gasteiger partial charge on any atom is -0.297 e. The molecule has 1 rings (SSSR count). The number of rotatable bonds is 2. The highest BCUT2D eigenvalue weighted by Crippen LogP contribution is 2.43. The summed E-state index contributed by atoms with van der Waals surface area (Å²) in [7, 11) is 0. The van der Waals surface area contributed by atoms with Crippen LogP contribution in [0.3, 0.4) is 0 Å². The van der Waals surface area contributed by atoms with Crippen LogP contribution in [-0.4, -0.2) is 5.78 Å². The van der Waals surface area contributed by atoms with Crippen LogP contribution in [0.25, 0.3) is 0 Å². The molecule has 0 aliphatic heterocycles. The average molecular weight is 190 g/mol. The molecule has 1 saturated carbocycles. The van der Waals surface area contributed by atoms with Crippen molar-refractivity contribution in [3.63, 3.8) is 0 Å². The maximum absolute atomic E-state index is 11.8. The van der Waals surface area contributed by atoms with Crippen molar-refractivity contribution < 1.29 is 4.79 Å². The second kappa shape index (κ2) is 3.80. The summed E-state index contributed by atoms with van der Waals surface area (Å²) in [5.41, 5.74) is -0.0387. The second-order valence-corrected chi connectivity index (χ2v) is 4.53. The highest BCUT2D eigenvalue weighted by molar-refractivity contribution is 5.88. The summed E-state index contributed by atoms with van der Waals surface area (Å²) in [5.74, 6) is -1.36. The van der Waals surface area contributed by atoms with E-state index in [1.54, 1.807) is 12.1 Å². The Morgan fingerprint density at radius 1 is 1.43 bits per heavy atom. The molecular weight excluding hydrogens is 176 g/mol. The summed E-state index contributed by atoms with van der Waals surface area (Å²) < 4.78 is 0. The monoisotopic (exact) mass is 190 g/mol. The molecule has 3 heteroatoms. The molecule has 0 amide bonds. The predicted molar refractivity (Wildman–Crippen MR) is 50.8 cm³/mol. The van der Waals surface area contributed by atoms with E-state index in [0.717, 1.165) is 19.3 Å². The molecule has 3 nitrogen and oxygen atoms in total. The van der Waals surface area contributed by atoms with Gasteiger partial charge in [-0.1, -0.05) is 20.3 Å². The van der Waals surface area contributed by atoms with Crippen molar-refractivity contribution in [2.45, 2.75) is 33.1 Å². The van der Waals surface area contributed by atoms with Gasteiger partial charge < -0.3 is 0 Å². The molecule has 0 aromatic rings. The molecule has 14 heavy (non-hydrogen) atoms. The van der Waals surface area contributed by atoms with Crippen LogP contribution in [0.1, 0.15) is 33.1 Å². The van der Waals surface area contributed by atoms with Gasteiger partial charge in [-0.25, -0.2) is 0 Å². The van der Waals surface area contributed by atoms with Gasteiger partial charge in [0, 0.05) is 5.92 Å². The zero-order valence-corrected chi connectivity index (χ0v) is 8.58. The van der Waals surface area contributed by atoms with Crippen LogP contribution in [0, 0.1) is 39.9 Å². The smallest absolute Gasteiger partial charge is 0.191 e. The molecule has 1 aliphatic rings. The van der Waals surface area contributed by atoms with Gasteiger partial charge in [0.05, 0.1) is 12.1 Å². The molecule has 0 aromatic carbocycles. The Balaban J connectivity index is 2.81. The van der Waals surface area contributed by atoms with Gasteiger partial charge in [-0.15, -0.1) is 0 Å². The second-order valence-electron chi connectivity index (χ2n) is 4.53. The van der Waals surface area contributed by atoms with Gasteiger partial charge in [-0.3, -0.25) is 4.79 Å². The van der Waals surface area contributed by atoms with Gasteiger partial charge in [0.2, 0.25) is 0 Å². The molecule has 1 fully saturated rings. The minimum absolute atomic E-state index is 0.0387. The van der Waals surface area contributed by atoms with Gasteiger partial charge in [-0.05, 0) is 18.3 Å². The van der Waals surface area contributed by atoms with E-state index in [1.807, 2.05) is 13.8 Å². The normalized spacial score (nSPS) is 24.2. The van der Waals surface area contributed by atoms with E-state index in [9.17, 15) is 4.79 Å². The lowest BCUT2D eigenvalue weighted by Gasteiger charge is -2.25. The van der Waals surface area contributed by atoms with Crippen molar-refractivity contribution in [2.24, 2.45) is 17.3 Å². The maximum atomic E-state index is 11.8. The molecule has 0 saturated heterocycles. The van der Waals surface area contributed by atoms with Crippen molar-refractivity contribution in [1.29, 1.82) is 10.5 Å². The van der Waals surface area contributed by atoms with E-state index in [-0.39, 0.29) is 17.1 Å². The standard InChI is InChI=1S/C11H14N2O/c1-11(2)5-3-4-9(11)10(14)8(6-12)7-13/h8-9H,3-5H2,1-2H3. The zero-order chi connectivity index (χ0) is 10.8. The van der Waals surface area contributed by atoms with Crippen LogP contribution < -0.4 is 0 Å². The highest BCUT2D eigenvalue weighted by Gasteiger charge is 2.41. The summed E-state index contributed by atoms with van der Waals surface area (Å²) >= 11 is 0. The molecule has 0 bridgehead atoms. The summed E-state index contributed by atoms with van der Waals surface area (Å²) in [4.78, 5) is 11.8. The lowest BCUT2D eigenvalue weighted by atomic mass is 9.76. The number of nitrogens with zero attached hydrogens (tertiary/aromatic N) is 2. The third kappa shape index (κ3) is 1.77. The molecule has 1 aliphatic carbocycles. The third-order valence-electron chi connectivity index (χ3n) is 3.14. The third-order valence-corrected chi connectivity index (χ3v) is 3.14. The zero-order valence-electron chi connectivity index (χ0n) is 8.58. The summed E-state index contributed by atoms with van der Waals surface area (Å²) in [5, 5.41) is 17.3. The number of carbonyl (C=O) groups excluding carboxylic acids is 1. The van der Waals surface area contributed by atoms with Crippen LogP contribution in [0.15, 0.2) is 0 Å². The lowest BCUT2D eigenvalue weighted by molar-refractivity contribution is -0.126. The first kappa shape index (κ1) is 10.7. The first-order valence-corrected chi connectivity index (χ1v) is 4.86. The van der Waals surface area contributed by atoms with Crippen molar-refractivity contribution in [3.05, 3.63) is 0 Å². The van der Waals surface area contributed by atoms with Crippen molar-refractivity contribution >= 4 is 5.78 Å². The molecule has 74 valence electrons. The number of hydrogen-bond acceptors (Lipinski definition) is 3. The molecular formula is C11H14N2O. The van der Waals surface area contributed by atoms with E-state index in [2.05, 4.69) is 0 Å². The Labute approximate surface area is 84.3 Å². The van der Waals surface area contributed by atoms with E-state index in [4.69, 9.17) is 10.5 Å². The average Bonchev–Trinajstić information content (AvgIpc) is 2.47. The van der Waals surface area contributed by atoms with E-state index >= 15 is 0 Å². The van der Waals surface area contributed by atoms with E-state index in [0.29, 0.717) is 0 Å². The number of hydrogen-bond donors (Lipinski definition) is 0. The predicted octanol–water partition coefficient (Wildman–Crippen LogP) is 2.05. The van der Waals surface area contributed by atoms with E-state index < -0.39 is 5.92 Å². The Hall–Kier alpha value is -1.35. The minimum atomic E-state index is -1.07. The van der Waals surface area contributed by atoms with Gasteiger partial charge in [-0.2, -0.15) is 10.5 Å². The lowest BCUT2D eigenvalue weighted by Crippen LogP contribution is -2.30. The van der Waals surface area contributed by atoms with Crippen LogP contribution in [0.5, 0.6) is 0 Å². The molecule has 0 N–H and O–H groups in total. The number of carbonyl (C=O) groups is 1. The van der Waals surface area contributed by atoms with Crippen molar-refractivity contribution in [3.8, 4) is 12.1 Å². The molecule has 1 unspecified atom stereocenters.